The number of aromatic nitrogens is 2. The highest BCUT2D eigenvalue weighted by molar-refractivity contribution is 6.22. The van der Waals surface area contributed by atoms with Gasteiger partial charge in [0.1, 0.15) is 11.5 Å². The number of benzene rings is 2. The molecule has 0 radical (unpaired) electrons. The van der Waals surface area contributed by atoms with Crippen LogP contribution < -0.4 is 24.2 Å². The predicted molar refractivity (Wildman–Crippen MR) is 114 cm³/mol. The Morgan fingerprint density at radius 3 is 2.45 bits per heavy atom. The van der Waals surface area contributed by atoms with Gasteiger partial charge in [0.15, 0.2) is 5.95 Å². The molecule has 3 aromatic rings. The van der Waals surface area contributed by atoms with Gasteiger partial charge in [-0.3, -0.25) is 14.5 Å². The van der Waals surface area contributed by atoms with Gasteiger partial charge in [-0.2, -0.15) is 0 Å². The van der Waals surface area contributed by atoms with Crippen molar-refractivity contribution in [1.29, 1.82) is 0 Å². The van der Waals surface area contributed by atoms with E-state index in [1.54, 1.807) is 67.6 Å². The van der Waals surface area contributed by atoms with Crippen LogP contribution in [0.4, 0.5) is 5.69 Å². The summed E-state index contributed by atoms with van der Waals surface area (Å²) in [6.45, 7) is 2.47. The van der Waals surface area contributed by atoms with Crippen molar-refractivity contribution >= 4 is 17.5 Å². The van der Waals surface area contributed by atoms with Crippen molar-refractivity contribution in [3.05, 3.63) is 54.2 Å². The first-order valence-corrected chi connectivity index (χ1v) is 10.4. The van der Waals surface area contributed by atoms with Crippen molar-refractivity contribution in [2.75, 3.05) is 25.7 Å². The lowest BCUT2D eigenvalue weighted by atomic mass is 10.2. The van der Waals surface area contributed by atoms with Crippen molar-refractivity contribution < 1.29 is 33.4 Å². The third-order valence-electron chi connectivity index (χ3n) is 5.47. The highest BCUT2D eigenvalue weighted by Crippen LogP contribution is 2.28. The second kappa shape index (κ2) is 9.29. The van der Waals surface area contributed by atoms with Gasteiger partial charge >= 0.3 is 0 Å². The van der Waals surface area contributed by atoms with E-state index >= 15 is 0 Å². The molecular formula is C23H24N4O6. The molecule has 33 heavy (non-hydrogen) atoms. The highest BCUT2D eigenvalue weighted by atomic mass is 16.6. The Morgan fingerprint density at radius 2 is 1.82 bits per heavy atom. The fourth-order valence-electron chi connectivity index (χ4n) is 3.76. The molecule has 0 aliphatic carbocycles. The Morgan fingerprint density at radius 1 is 1.15 bits per heavy atom. The van der Waals surface area contributed by atoms with Crippen LogP contribution in [0.2, 0.25) is 0 Å². The molecule has 2 amide bonds. The van der Waals surface area contributed by atoms with E-state index in [-0.39, 0.29) is 30.5 Å². The Balaban J connectivity index is 1.52. The molecule has 10 nitrogen and oxygen atoms in total. The summed E-state index contributed by atoms with van der Waals surface area (Å²) in [7, 11) is 3.24. The number of ether oxygens (including phenoxy) is 2. The van der Waals surface area contributed by atoms with Gasteiger partial charge in [0.25, 0.3) is 11.6 Å². The number of carbonyl (C=O) groups excluding carboxylic acids is 2. The third-order valence-corrected chi connectivity index (χ3v) is 5.47. The number of rotatable bonds is 8. The third kappa shape index (κ3) is 4.37. The summed E-state index contributed by atoms with van der Waals surface area (Å²) in [5.74, 6) is 0.0434. The van der Waals surface area contributed by atoms with E-state index in [1.807, 2.05) is 6.92 Å². The molecule has 1 aromatic heterocycles. The maximum atomic E-state index is 13.1. The average molecular weight is 452 g/mol. The van der Waals surface area contributed by atoms with Gasteiger partial charge in [0, 0.05) is 12.1 Å². The minimum Gasteiger partial charge on any atom is -0.539 e. The first-order valence-electron chi connectivity index (χ1n) is 10.4. The molecule has 2 aromatic carbocycles. The minimum atomic E-state index is -0.720. The van der Waals surface area contributed by atoms with Gasteiger partial charge in [0.2, 0.25) is 11.6 Å². The lowest BCUT2D eigenvalue weighted by molar-refractivity contribution is -0.678. The summed E-state index contributed by atoms with van der Waals surface area (Å²) >= 11 is 0. The second-order valence-corrected chi connectivity index (χ2v) is 7.55. The van der Waals surface area contributed by atoms with Crippen LogP contribution in [0, 0.1) is 0 Å². The van der Waals surface area contributed by atoms with Crippen molar-refractivity contribution in [2.45, 2.75) is 25.9 Å². The summed E-state index contributed by atoms with van der Waals surface area (Å²) in [4.78, 5) is 28.6. The number of hydrogen-bond donors (Lipinski definition) is 0. The lowest BCUT2D eigenvalue weighted by Crippen LogP contribution is -2.44. The van der Waals surface area contributed by atoms with E-state index in [0.717, 1.165) is 0 Å². The maximum absolute atomic E-state index is 13.1. The predicted octanol–water partition coefficient (Wildman–Crippen LogP) is 1.20. The topological polar surface area (TPSA) is 112 Å². The molecule has 1 aliphatic heterocycles. The highest BCUT2D eigenvalue weighted by Gasteiger charge is 2.42. The van der Waals surface area contributed by atoms with Gasteiger partial charge in [-0.1, -0.05) is 0 Å². The number of methoxy groups -OCH3 is 1. The zero-order valence-corrected chi connectivity index (χ0v) is 18.6. The molecule has 0 bridgehead atoms. The van der Waals surface area contributed by atoms with E-state index in [4.69, 9.17) is 14.0 Å². The van der Waals surface area contributed by atoms with Crippen molar-refractivity contribution in [3.63, 3.8) is 0 Å². The van der Waals surface area contributed by atoms with Crippen molar-refractivity contribution in [1.82, 2.24) is 10.2 Å². The lowest BCUT2D eigenvalue weighted by Gasteiger charge is -2.21. The molecule has 1 aliphatic rings. The number of amides is 2. The molecule has 0 saturated carbocycles. The number of anilines is 1. The average Bonchev–Trinajstić information content (AvgIpc) is 3.33. The Labute approximate surface area is 190 Å². The molecule has 4 rings (SSSR count). The molecule has 1 unspecified atom stereocenters. The van der Waals surface area contributed by atoms with Gasteiger partial charge in [0.05, 0.1) is 43.7 Å². The standard InChI is InChI=1S/C23H24N4O6/c1-4-32-18-11-5-15(6-12-18)26-21(28)13-19(22(26)29)25(2)14-20-23(30)33-24-27(20)16-7-9-17(31-3)10-8-16/h5-12,19H,4,13-14H2,1-3H3. The van der Waals surface area contributed by atoms with Crippen LogP contribution in [0.5, 0.6) is 17.4 Å². The van der Waals surface area contributed by atoms with E-state index in [9.17, 15) is 14.7 Å². The normalized spacial score (nSPS) is 16.0. The maximum Gasteiger partial charge on any atom is 0.254 e. The largest absolute Gasteiger partial charge is 0.539 e. The first kappa shape index (κ1) is 22.3. The summed E-state index contributed by atoms with van der Waals surface area (Å²) in [6.07, 6.45) is 0.00451. The molecule has 1 saturated heterocycles. The summed E-state index contributed by atoms with van der Waals surface area (Å²) in [5, 5.41) is 16.2. The van der Waals surface area contributed by atoms with Crippen LogP contribution in [-0.4, -0.2) is 48.8 Å². The van der Waals surface area contributed by atoms with Crippen LogP contribution in [-0.2, 0) is 16.1 Å². The van der Waals surface area contributed by atoms with E-state index in [1.165, 1.54) is 9.58 Å². The van der Waals surface area contributed by atoms with Gasteiger partial charge in [-0.15, -0.1) is 0 Å². The van der Waals surface area contributed by atoms with E-state index < -0.39 is 12.0 Å². The second-order valence-electron chi connectivity index (χ2n) is 7.55. The fraction of sp³-hybridized carbons (Fsp3) is 0.304. The van der Waals surface area contributed by atoms with Crippen molar-refractivity contribution in [3.8, 4) is 23.1 Å². The van der Waals surface area contributed by atoms with Gasteiger partial charge in [-0.25, -0.2) is 4.90 Å². The summed E-state index contributed by atoms with van der Waals surface area (Å²) in [5.41, 5.74) is 1.32. The summed E-state index contributed by atoms with van der Waals surface area (Å²) in [6, 6.07) is 13.0. The summed E-state index contributed by atoms with van der Waals surface area (Å²) < 4.78 is 16.8. The monoisotopic (exact) mass is 452 g/mol. The van der Waals surface area contributed by atoms with Crippen molar-refractivity contribution in [2.24, 2.45) is 0 Å². The molecule has 2 heterocycles. The number of hydrogen-bond acceptors (Lipinski definition) is 8. The van der Waals surface area contributed by atoms with Crippen LogP contribution in [0.15, 0.2) is 53.1 Å². The molecule has 172 valence electrons. The van der Waals surface area contributed by atoms with Gasteiger partial charge in [-0.05, 0) is 55.1 Å². The van der Waals surface area contributed by atoms with E-state index in [0.29, 0.717) is 29.5 Å². The number of nitrogens with zero attached hydrogens (tertiary/aromatic N) is 4. The van der Waals surface area contributed by atoms with E-state index in [2.05, 4.69) is 5.27 Å². The van der Waals surface area contributed by atoms with Crippen LogP contribution >= 0.6 is 0 Å². The molecule has 1 atom stereocenters. The number of carbonyl (C=O) groups is 2. The van der Waals surface area contributed by atoms with Gasteiger partial charge < -0.3 is 19.1 Å². The smallest absolute Gasteiger partial charge is 0.254 e. The fourth-order valence-corrected chi connectivity index (χ4v) is 3.76. The van der Waals surface area contributed by atoms with Crippen LogP contribution in [0.25, 0.3) is 5.69 Å². The van der Waals surface area contributed by atoms with Crippen LogP contribution in [0.3, 0.4) is 0 Å². The zero-order chi connectivity index (χ0) is 23.5. The number of likely N-dealkylation sites (N-methyl/N-ethyl adjacent to an activating group) is 1. The minimum absolute atomic E-state index is 0.00451. The molecule has 10 heteroatoms. The Kier molecular flexibility index (Phi) is 6.27. The number of imide groups is 1. The SMILES string of the molecule is CCOc1ccc(N2C(=O)CC(N(C)Cc3c([O-])on[n+]3-c3ccc(OC)cc3)C2=O)cc1. The molecule has 0 spiro atoms. The zero-order valence-electron chi connectivity index (χ0n) is 18.6. The molecule has 0 N–H and O–H groups in total. The first-order chi connectivity index (χ1) is 15.9. The molecular weight excluding hydrogens is 428 g/mol. The Hall–Kier alpha value is -3.92. The quantitative estimate of drug-likeness (QED) is 0.370. The Bertz CT molecular complexity index is 1140. The van der Waals surface area contributed by atoms with Crippen LogP contribution in [0.1, 0.15) is 19.0 Å². The molecule has 1 fully saturated rings.